The van der Waals surface area contributed by atoms with Crippen LogP contribution in [0.15, 0.2) is 22.8 Å². The average molecular weight is 262 g/mol. The molecule has 0 radical (unpaired) electrons. The van der Waals surface area contributed by atoms with Crippen LogP contribution in [0.25, 0.3) is 0 Å². The molecule has 2 saturated heterocycles. The van der Waals surface area contributed by atoms with Crippen molar-refractivity contribution in [3.63, 3.8) is 0 Å². The highest BCUT2D eigenvalue weighted by Crippen LogP contribution is 2.23. The van der Waals surface area contributed by atoms with Crippen LogP contribution in [0, 0.1) is 0 Å². The van der Waals surface area contributed by atoms with E-state index in [1.54, 1.807) is 17.0 Å². The van der Waals surface area contributed by atoms with E-state index in [0.29, 0.717) is 12.3 Å². The summed E-state index contributed by atoms with van der Waals surface area (Å²) in [6, 6.07) is 3.05. The molecule has 0 aromatic carbocycles. The van der Waals surface area contributed by atoms with Crippen molar-refractivity contribution >= 4 is 11.8 Å². The van der Waals surface area contributed by atoms with Crippen LogP contribution in [0.4, 0.5) is 0 Å². The Bertz CT molecular complexity index is 463. The summed E-state index contributed by atoms with van der Waals surface area (Å²) in [4.78, 5) is 28.3. The van der Waals surface area contributed by atoms with E-state index in [-0.39, 0.29) is 17.9 Å². The maximum atomic E-state index is 12.4. The van der Waals surface area contributed by atoms with Gasteiger partial charge in [0.05, 0.1) is 6.26 Å². The van der Waals surface area contributed by atoms with Gasteiger partial charge in [0, 0.05) is 19.6 Å². The van der Waals surface area contributed by atoms with Crippen molar-refractivity contribution in [2.75, 3.05) is 19.6 Å². The van der Waals surface area contributed by atoms with Gasteiger partial charge in [0.2, 0.25) is 5.91 Å². The molecule has 0 N–H and O–H groups in total. The molecule has 0 aliphatic carbocycles. The fourth-order valence-electron chi connectivity index (χ4n) is 2.96. The molecule has 2 fully saturated rings. The van der Waals surface area contributed by atoms with Crippen LogP contribution in [-0.4, -0.2) is 47.3 Å². The summed E-state index contributed by atoms with van der Waals surface area (Å²) in [6.45, 7) is 2.31. The summed E-state index contributed by atoms with van der Waals surface area (Å²) in [5.41, 5.74) is 0. The van der Waals surface area contributed by atoms with Crippen LogP contribution >= 0.6 is 0 Å². The molecule has 3 rings (SSSR count). The van der Waals surface area contributed by atoms with Crippen molar-refractivity contribution in [1.29, 1.82) is 0 Å². The molecule has 2 amide bonds. The number of carbonyl (C=O) groups is 2. The lowest BCUT2D eigenvalue weighted by Crippen LogP contribution is -2.46. The summed E-state index contributed by atoms with van der Waals surface area (Å²) in [5.74, 6) is 0.260. The van der Waals surface area contributed by atoms with Gasteiger partial charge in [0.15, 0.2) is 5.76 Å². The maximum absolute atomic E-state index is 12.4. The van der Waals surface area contributed by atoms with Gasteiger partial charge in [-0.05, 0) is 37.8 Å². The standard InChI is InChI=1S/C14H18N2O3/c17-13(15-7-1-2-8-15)11-5-3-9-16(11)14(18)12-6-4-10-19-12/h4,6,10-11H,1-3,5,7-9H2. The van der Waals surface area contributed by atoms with Crippen molar-refractivity contribution in [2.24, 2.45) is 0 Å². The number of furan rings is 1. The minimum atomic E-state index is -0.296. The first-order valence-electron chi connectivity index (χ1n) is 6.90. The highest BCUT2D eigenvalue weighted by Gasteiger charge is 2.38. The van der Waals surface area contributed by atoms with Crippen LogP contribution in [0.3, 0.4) is 0 Å². The second-order valence-corrected chi connectivity index (χ2v) is 5.17. The van der Waals surface area contributed by atoms with E-state index in [1.807, 2.05) is 4.90 Å². The average Bonchev–Trinajstić information content (AvgIpc) is 3.16. The van der Waals surface area contributed by atoms with E-state index in [2.05, 4.69) is 0 Å². The highest BCUT2D eigenvalue weighted by atomic mass is 16.3. The first kappa shape index (κ1) is 12.3. The summed E-state index contributed by atoms with van der Waals surface area (Å²) in [6.07, 6.45) is 5.29. The lowest BCUT2D eigenvalue weighted by molar-refractivity contribution is -0.134. The lowest BCUT2D eigenvalue weighted by Gasteiger charge is -2.27. The summed E-state index contributed by atoms with van der Waals surface area (Å²) in [7, 11) is 0. The molecule has 3 heterocycles. The second-order valence-electron chi connectivity index (χ2n) is 5.17. The molecule has 2 aliphatic heterocycles. The molecule has 0 saturated carbocycles. The SMILES string of the molecule is O=C(C1CCCN1C(=O)c1ccco1)N1CCCC1. The van der Waals surface area contributed by atoms with Gasteiger partial charge in [0.25, 0.3) is 5.91 Å². The quantitative estimate of drug-likeness (QED) is 0.811. The Hall–Kier alpha value is -1.78. The fourth-order valence-corrected chi connectivity index (χ4v) is 2.96. The third-order valence-corrected chi connectivity index (χ3v) is 3.95. The Labute approximate surface area is 112 Å². The van der Waals surface area contributed by atoms with E-state index >= 15 is 0 Å². The molecule has 102 valence electrons. The van der Waals surface area contributed by atoms with Crippen molar-refractivity contribution in [3.05, 3.63) is 24.2 Å². The van der Waals surface area contributed by atoms with Gasteiger partial charge < -0.3 is 14.2 Å². The molecule has 1 aromatic heterocycles. The van der Waals surface area contributed by atoms with E-state index in [9.17, 15) is 9.59 Å². The van der Waals surface area contributed by atoms with Gasteiger partial charge >= 0.3 is 0 Å². The maximum Gasteiger partial charge on any atom is 0.290 e. The van der Waals surface area contributed by atoms with Gasteiger partial charge in [-0.25, -0.2) is 0 Å². The minimum Gasteiger partial charge on any atom is -0.459 e. The Balaban J connectivity index is 1.74. The van der Waals surface area contributed by atoms with Crippen molar-refractivity contribution in [2.45, 2.75) is 31.7 Å². The van der Waals surface area contributed by atoms with Crippen molar-refractivity contribution in [1.82, 2.24) is 9.80 Å². The molecule has 19 heavy (non-hydrogen) atoms. The van der Waals surface area contributed by atoms with Crippen LogP contribution < -0.4 is 0 Å². The topological polar surface area (TPSA) is 53.8 Å². The molecular formula is C14H18N2O3. The first-order chi connectivity index (χ1) is 9.27. The second kappa shape index (κ2) is 5.07. The van der Waals surface area contributed by atoms with Gasteiger partial charge in [-0.15, -0.1) is 0 Å². The fraction of sp³-hybridized carbons (Fsp3) is 0.571. The third-order valence-electron chi connectivity index (χ3n) is 3.95. The monoisotopic (exact) mass is 262 g/mol. The van der Waals surface area contributed by atoms with Crippen LogP contribution in [0.2, 0.25) is 0 Å². The Morgan fingerprint density at radius 2 is 1.95 bits per heavy atom. The number of nitrogens with zero attached hydrogens (tertiary/aromatic N) is 2. The Morgan fingerprint density at radius 1 is 1.16 bits per heavy atom. The molecule has 1 aromatic rings. The Kier molecular flexibility index (Phi) is 3.27. The number of hydrogen-bond acceptors (Lipinski definition) is 3. The first-order valence-corrected chi connectivity index (χ1v) is 6.90. The number of rotatable bonds is 2. The van der Waals surface area contributed by atoms with Crippen molar-refractivity contribution < 1.29 is 14.0 Å². The summed E-state index contributed by atoms with van der Waals surface area (Å²) < 4.78 is 5.15. The molecule has 5 heteroatoms. The molecule has 2 aliphatic rings. The van der Waals surface area contributed by atoms with E-state index in [1.165, 1.54) is 6.26 Å². The third kappa shape index (κ3) is 2.25. The molecule has 1 atom stereocenters. The minimum absolute atomic E-state index is 0.106. The van der Waals surface area contributed by atoms with Crippen LogP contribution in [-0.2, 0) is 4.79 Å². The van der Waals surface area contributed by atoms with Gasteiger partial charge in [0.1, 0.15) is 6.04 Å². The zero-order valence-corrected chi connectivity index (χ0v) is 10.9. The number of carbonyl (C=O) groups excluding carboxylic acids is 2. The smallest absolute Gasteiger partial charge is 0.290 e. The number of amides is 2. The lowest BCUT2D eigenvalue weighted by atomic mass is 10.2. The highest BCUT2D eigenvalue weighted by molar-refractivity contribution is 5.96. The molecule has 1 unspecified atom stereocenters. The van der Waals surface area contributed by atoms with Crippen LogP contribution in [0.5, 0.6) is 0 Å². The molecule has 5 nitrogen and oxygen atoms in total. The summed E-state index contributed by atoms with van der Waals surface area (Å²) >= 11 is 0. The van der Waals surface area contributed by atoms with E-state index in [0.717, 1.165) is 38.8 Å². The predicted molar refractivity (Wildman–Crippen MR) is 68.6 cm³/mol. The number of likely N-dealkylation sites (tertiary alicyclic amines) is 2. The predicted octanol–water partition coefficient (Wildman–Crippen LogP) is 1.51. The van der Waals surface area contributed by atoms with Crippen LogP contribution in [0.1, 0.15) is 36.2 Å². The zero-order chi connectivity index (χ0) is 13.2. The molecule has 0 bridgehead atoms. The normalized spacial score (nSPS) is 23.1. The zero-order valence-electron chi connectivity index (χ0n) is 10.9. The van der Waals surface area contributed by atoms with E-state index < -0.39 is 0 Å². The molecular weight excluding hydrogens is 244 g/mol. The van der Waals surface area contributed by atoms with Gasteiger partial charge in [-0.1, -0.05) is 0 Å². The van der Waals surface area contributed by atoms with Gasteiger partial charge in [-0.2, -0.15) is 0 Å². The molecule has 0 spiro atoms. The van der Waals surface area contributed by atoms with Gasteiger partial charge in [-0.3, -0.25) is 9.59 Å². The van der Waals surface area contributed by atoms with E-state index in [4.69, 9.17) is 4.42 Å². The summed E-state index contributed by atoms with van der Waals surface area (Å²) in [5, 5.41) is 0. The largest absolute Gasteiger partial charge is 0.459 e. The number of hydrogen-bond donors (Lipinski definition) is 0. The van der Waals surface area contributed by atoms with Crippen molar-refractivity contribution in [3.8, 4) is 0 Å². The Morgan fingerprint density at radius 3 is 2.63 bits per heavy atom.